The highest BCUT2D eigenvalue weighted by atomic mass is 16.5. The van der Waals surface area contributed by atoms with E-state index in [4.69, 9.17) is 10.5 Å². The van der Waals surface area contributed by atoms with Crippen LogP contribution in [-0.4, -0.2) is 63.1 Å². The van der Waals surface area contributed by atoms with Crippen molar-refractivity contribution in [2.45, 2.75) is 25.4 Å². The monoisotopic (exact) mass is 506 g/mol. The number of carbonyl (C=O) groups excluding carboxylic acids is 2. The van der Waals surface area contributed by atoms with Crippen molar-refractivity contribution in [1.29, 1.82) is 0 Å². The number of nitrogens with zero attached hydrogens (tertiary/aromatic N) is 2. The summed E-state index contributed by atoms with van der Waals surface area (Å²) in [6, 6.07) is 14.4. The lowest BCUT2D eigenvalue weighted by Crippen LogP contribution is -2.49. The maximum absolute atomic E-state index is 12.8. The quantitative estimate of drug-likeness (QED) is 0.352. The van der Waals surface area contributed by atoms with Crippen LogP contribution >= 0.6 is 0 Å². The van der Waals surface area contributed by atoms with Crippen LogP contribution in [0.5, 0.6) is 0 Å². The molecule has 0 aliphatic heterocycles. The van der Waals surface area contributed by atoms with E-state index in [9.17, 15) is 29.1 Å². The fourth-order valence-electron chi connectivity index (χ4n) is 4.42. The van der Waals surface area contributed by atoms with Gasteiger partial charge in [0, 0.05) is 24.2 Å². The van der Waals surface area contributed by atoms with Gasteiger partial charge in [0.25, 0.3) is 5.56 Å². The molecule has 192 valence electrons. The number of fused-ring (bicyclic) bond motifs is 3. The van der Waals surface area contributed by atoms with E-state index < -0.39 is 54.8 Å². The van der Waals surface area contributed by atoms with E-state index in [0.717, 1.165) is 31.7 Å². The Morgan fingerprint density at radius 2 is 1.68 bits per heavy atom. The molecule has 1 heterocycles. The third-order valence-electron chi connectivity index (χ3n) is 6.25. The number of aliphatic carboxylic acids is 1. The van der Waals surface area contributed by atoms with Crippen LogP contribution in [0.1, 0.15) is 22.6 Å². The Morgan fingerprint density at radius 1 is 1.08 bits per heavy atom. The van der Waals surface area contributed by atoms with Crippen molar-refractivity contribution in [1.82, 2.24) is 14.5 Å². The van der Waals surface area contributed by atoms with E-state index in [2.05, 4.69) is 4.98 Å². The molecular formula is C26H26N4O7. The first-order valence-corrected chi connectivity index (χ1v) is 11.6. The average Bonchev–Trinajstić information content (AvgIpc) is 3.18. The van der Waals surface area contributed by atoms with E-state index in [1.165, 1.54) is 13.1 Å². The first kappa shape index (κ1) is 25.6. The third kappa shape index (κ3) is 5.51. The standard InChI is InChI=1S/C26H26N4O7/c1-15-10-30(26(36)28-24(15)34)12-22(31)29(13-23(32)33)11-21(27)25(35)37-14-20-18-8-4-2-6-16(18)17-7-3-5-9-19(17)20/h2-10,20-21H,11-14,27H2,1H3,(H,32,33)(H,28,34,36). The largest absolute Gasteiger partial charge is 0.480 e. The number of aromatic nitrogens is 2. The Bertz CT molecular complexity index is 1430. The number of benzene rings is 2. The number of hydrogen-bond acceptors (Lipinski definition) is 7. The van der Waals surface area contributed by atoms with Crippen molar-refractivity contribution in [3.05, 3.63) is 92.3 Å². The molecule has 2 aromatic carbocycles. The van der Waals surface area contributed by atoms with Crippen LogP contribution in [0.15, 0.2) is 64.3 Å². The first-order valence-electron chi connectivity index (χ1n) is 11.6. The van der Waals surface area contributed by atoms with Gasteiger partial charge >= 0.3 is 17.6 Å². The van der Waals surface area contributed by atoms with E-state index in [1.807, 2.05) is 48.5 Å². The molecule has 4 rings (SSSR count). The van der Waals surface area contributed by atoms with Gasteiger partial charge in [0.05, 0.1) is 0 Å². The topological polar surface area (TPSA) is 165 Å². The van der Waals surface area contributed by atoms with Crippen molar-refractivity contribution in [3.8, 4) is 11.1 Å². The van der Waals surface area contributed by atoms with Gasteiger partial charge in [0.2, 0.25) is 5.91 Å². The van der Waals surface area contributed by atoms with Gasteiger partial charge in [-0.25, -0.2) is 4.79 Å². The van der Waals surface area contributed by atoms with Crippen LogP contribution < -0.4 is 17.0 Å². The molecule has 37 heavy (non-hydrogen) atoms. The van der Waals surface area contributed by atoms with Crippen molar-refractivity contribution in [2.75, 3.05) is 19.7 Å². The predicted octanol–water partition coefficient (Wildman–Crippen LogP) is 0.441. The zero-order chi connectivity index (χ0) is 26.7. The molecule has 0 spiro atoms. The zero-order valence-corrected chi connectivity index (χ0v) is 20.0. The minimum atomic E-state index is -1.32. The van der Waals surface area contributed by atoms with E-state index in [0.29, 0.717) is 0 Å². The van der Waals surface area contributed by atoms with Crippen LogP contribution in [0, 0.1) is 6.92 Å². The molecule has 0 fully saturated rings. The van der Waals surface area contributed by atoms with Gasteiger partial charge in [0.15, 0.2) is 0 Å². The second-order valence-electron chi connectivity index (χ2n) is 8.83. The molecule has 11 nitrogen and oxygen atoms in total. The molecule has 1 amide bonds. The number of amides is 1. The van der Waals surface area contributed by atoms with Crippen LogP contribution in [-0.2, 0) is 25.7 Å². The van der Waals surface area contributed by atoms with Gasteiger partial charge in [-0.3, -0.25) is 28.7 Å². The number of aryl methyl sites for hydroxylation is 1. The van der Waals surface area contributed by atoms with Crippen LogP contribution in [0.25, 0.3) is 11.1 Å². The van der Waals surface area contributed by atoms with E-state index in [1.54, 1.807) is 0 Å². The highest BCUT2D eigenvalue weighted by Crippen LogP contribution is 2.44. The first-order chi connectivity index (χ1) is 17.7. The van der Waals surface area contributed by atoms with Crippen molar-refractivity contribution >= 4 is 17.8 Å². The summed E-state index contributed by atoms with van der Waals surface area (Å²) in [4.78, 5) is 63.4. The normalized spacial score (nSPS) is 12.9. The number of nitrogens with two attached hydrogens (primary N) is 1. The number of ether oxygens (including phenoxy) is 1. The molecular weight excluding hydrogens is 480 g/mol. The zero-order valence-electron chi connectivity index (χ0n) is 20.0. The van der Waals surface area contributed by atoms with Crippen LogP contribution in [0.4, 0.5) is 0 Å². The summed E-state index contributed by atoms with van der Waals surface area (Å²) >= 11 is 0. The Labute approximate surface area is 211 Å². The second kappa shape index (κ2) is 10.6. The lowest BCUT2D eigenvalue weighted by atomic mass is 9.98. The Morgan fingerprint density at radius 3 is 2.27 bits per heavy atom. The van der Waals surface area contributed by atoms with Gasteiger partial charge in [-0.1, -0.05) is 48.5 Å². The molecule has 1 atom stereocenters. The van der Waals surface area contributed by atoms with Gasteiger partial charge in [0.1, 0.15) is 25.7 Å². The number of H-pyrrole nitrogens is 1. The molecule has 0 saturated carbocycles. The highest BCUT2D eigenvalue weighted by Gasteiger charge is 2.30. The minimum absolute atomic E-state index is 0.0273. The molecule has 1 aromatic heterocycles. The summed E-state index contributed by atoms with van der Waals surface area (Å²) in [6.45, 7) is -0.221. The number of hydrogen-bond donors (Lipinski definition) is 3. The van der Waals surface area contributed by atoms with Crippen LogP contribution in [0.3, 0.4) is 0 Å². The number of nitrogens with one attached hydrogen (secondary N) is 1. The van der Waals surface area contributed by atoms with Crippen molar-refractivity contribution in [3.63, 3.8) is 0 Å². The molecule has 3 aromatic rings. The Balaban J connectivity index is 1.43. The van der Waals surface area contributed by atoms with Gasteiger partial charge in [-0.2, -0.15) is 0 Å². The van der Waals surface area contributed by atoms with Gasteiger partial charge in [-0.05, 0) is 29.2 Å². The molecule has 1 aliphatic rings. The lowest BCUT2D eigenvalue weighted by molar-refractivity contribution is -0.149. The number of carboxylic acids is 1. The number of esters is 1. The van der Waals surface area contributed by atoms with E-state index in [-0.39, 0.29) is 18.1 Å². The summed E-state index contributed by atoms with van der Waals surface area (Å²) < 4.78 is 6.46. The van der Waals surface area contributed by atoms with Crippen molar-refractivity contribution < 1.29 is 24.2 Å². The Kier molecular flexibility index (Phi) is 7.35. The molecule has 0 radical (unpaired) electrons. The fraction of sp³-hybridized carbons (Fsp3) is 0.269. The third-order valence-corrected chi connectivity index (χ3v) is 6.25. The number of carboxylic acid groups (broad SMARTS) is 1. The summed E-state index contributed by atoms with van der Waals surface area (Å²) in [5, 5.41) is 9.25. The number of carbonyl (C=O) groups is 3. The van der Waals surface area contributed by atoms with Crippen LogP contribution in [0.2, 0.25) is 0 Å². The SMILES string of the molecule is Cc1cn(CC(=O)N(CC(=O)O)CC(N)C(=O)OCC2c3ccccc3-c3ccccc32)c(=O)[nH]c1=O. The molecule has 4 N–H and O–H groups in total. The molecule has 1 unspecified atom stereocenters. The van der Waals surface area contributed by atoms with Crippen molar-refractivity contribution in [2.24, 2.45) is 5.73 Å². The van der Waals surface area contributed by atoms with E-state index >= 15 is 0 Å². The smallest absolute Gasteiger partial charge is 0.328 e. The maximum atomic E-state index is 12.8. The molecule has 0 saturated heterocycles. The molecule has 11 heteroatoms. The summed E-state index contributed by atoms with van der Waals surface area (Å²) in [7, 11) is 0. The summed E-state index contributed by atoms with van der Waals surface area (Å²) in [5.74, 6) is -3.06. The Hall–Kier alpha value is -4.51. The van der Waals surface area contributed by atoms with Gasteiger partial charge in [-0.15, -0.1) is 0 Å². The molecule has 0 bridgehead atoms. The fourth-order valence-corrected chi connectivity index (χ4v) is 4.42. The minimum Gasteiger partial charge on any atom is -0.480 e. The molecule has 1 aliphatic carbocycles. The van der Waals surface area contributed by atoms with Gasteiger partial charge < -0.3 is 20.5 Å². The summed E-state index contributed by atoms with van der Waals surface area (Å²) in [6.07, 6.45) is 1.20. The maximum Gasteiger partial charge on any atom is 0.328 e. The number of aromatic amines is 1. The number of rotatable bonds is 9. The highest BCUT2D eigenvalue weighted by molar-refractivity contribution is 5.83. The second-order valence-corrected chi connectivity index (χ2v) is 8.83. The summed E-state index contributed by atoms with van der Waals surface area (Å²) in [5.41, 5.74) is 8.96. The average molecular weight is 507 g/mol. The lowest BCUT2D eigenvalue weighted by Gasteiger charge is -2.24. The predicted molar refractivity (Wildman–Crippen MR) is 133 cm³/mol.